The Morgan fingerprint density at radius 2 is 2.14 bits per heavy atom. The molecule has 0 amide bonds. The van der Waals surface area contributed by atoms with E-state index in [9.17, 15) is 8.42 Å². The van der Waals surface area contributed by atoms with Crippen molar-refractivity contribution >= 4 is 21.4 Å². The number of hydrogen-bond donors (Lipinski definition) is 0. The molecule has 1 rings (SSSR count). The third kappa shape index (κ3) is 3.06. The van der Waals surface area contributed by atoms with Crippen LogP contribution in [0.15, 0.2) is 29.2 Å². The van der Waals surface area contributed by atoms with Gasteiger partial charge in [0.2, 0.25) is 0 Å². The third-order valence-electron chi connectivity index (χ3n) is 1.56. The fourth-order valence-corrected chi connectivity index (χ4v) is 1.67. The molecule has 0 atom stereocenters. The van der Waals surface area contributed by atoms with Gasteiger partial charge in [0.05, 0.1) is 10.8 Å². The molecule has 4 heteroatoms. The molecule has 0 aliphatic carbocycles. The molecule has 0 heterocycles. The van der Waals surface area contributed by atoms with Crippen LogP contribution in [0.2, 0.25) is 0 Å². The molecule has 0 spiro atoms. The summed E-state index contributed by atoms with van der Waals surface area (Å²) in [5.74, 6) is 5.66. The molecule has 0 saturated carbocycles. The van der Waals surface area contributed by atoms with E-state index in [0.29, 0.717) is 5.56 Å². The summed E-state index contributed by atoms with van der Waals surface area (Å²) in [6, 6.07) is 6.49. The Hall–Kier alpha value is -0.980. The van der Waals surface area contributed by atoms with Gasteiger partial charge in [0.1, 0.15) is 0 Å². The van der Waals surface area contributed by atoms with E-state index in [1.54, 1.807) is 18.2 Å². The standard InChI is InChI=1S/C10H9ClO2S/c1-14(12,13)10-6-2-4-9(8-10)5-3-7-11/h2,4,6,8H,7H2,1H3. The van der Waals surface area contributed by atoms with Crippen LogP contribution in [-0.2, 0) is 9.84 Å². The lowest BCUT2D eigenvalue weighted by atomic mass is 10.2. The minimum absolute atomic E-state index is 0.239. The quantitative estimate of drug-likeness (QED) is 0.542. The van der Waals surface area contributed by atoms with Gasteiger partial charge in [-0.1, -0.05) is 17.9 Å². The fraction of sp³-hybridized carbons (Fsp3) is 0.200. The molecular formula is C10H9ClO2S. The van der Waals surface area contributed by atoms with Crippen LogP contribution in [0.5, 0.6) is 0 Å². The Kier molecular flexibility index (Phi) is 3.56. The largest absolute Gasteiger partial charge is 0.224 e. The number of alkyl halides is 1. The maximum Gasteiger partial charge on any atom is 0.175 e. The highest BCUT2D eigenvalue weighted by atomic mass is 35.5. The summed E-state index contributed by atoms with van der Waals surface area (Å²) >= 11 is 5.39. The van der Waals surface area contributed by atoms with E-state index in [4.69, 9.17) is 11.6 Å². The van der Waals surface area contributed by atoms with Gasteiger partial charge in [-0.25, -0.2) is 8.42 Å². The first-order valence-electron chi connectivity index (χ1n) is 3.89. The lowest BCUT2D eigenvalue weighted by Gasteiger charge is -1.97. The highest BCUT2D eigenvalue weighted by Crippen LogP contribution is 2.10. The van der Waals surface area contributed by atoms with Gasteiger partial charge < -0.3 is 0 Å². The summed E-state index contributed by atoms with van der Waals surface area (Å²) in [5, 5.41) is 0. The zero-order valence-corrected chi connectivity index (χ0v) is 9.19. The zero-order chi connectivity index (χ0) is 10.6. The first-order chi connectivity index (χ1) is 6.54. The lowest BCUT2D eigenvalue weighted by Crippen LogP contribution is -1.96. The van der Waals surface area contributed by atoms with Gasteiger partial charge in [-0.3, -0.25) is 0 Å². The van der Waals surface area contributed by atoms with Crippen LogP contribution in [0, 0.1) is 11.8 Å². The predicted octanol–water partition coefficient (Wildman–Crippen LogP) is 1.68. The van der Waals surface area contributed by atoms with Crippen molar-refractivity contribution in [3.63, 3.8) is 0 Å². The highest BCUT2D eigenvalue weighted by Gasteiger charge is 2.05. The van der Waals surface area contributed by atoms with Gasteiger partial charge in [-0.2, -0.15) is 0 Å². The maximum absolute atomic E-state index is 11.2. The second-order valence-corrected chi connectivity index (χ2v) is 5.02. The topological polar surface area (TPSA) is 34.1 Å². The van der Waals surface area contributed by atoms with Crippen LogP contribution in [0.3, 0.4) is 0 Å². The van der Waals surface area contributed by atoms with Crippen molar-refractivity contribution in [1.82, 2.24) is 0 Å². The molecule has 0 N–H and O–H groups in total. The monoisotopic (exact) mass is 228 g/mol. The summed E-state index contributed by atoms with van der Waals surface area (Å²) in [6.45, 7) is 0. The highest BCUT2D eigenvalue weighted by molar-refractivity contribution is 7.90. The van der Waals surface area contributed by atoms with Gasteiger partial charge in [0, 0.05) is 11.8 Å². The van der Waals surface area contributed by atoms with Crippen LogP contribution in [0.1, 0.15) is 5.56 Å². The molecule has 1 aromatic rings. The molecule has 0 aromatic heterocycles. The zero-order valence-electron chi connectivity index (χ0n) is 7.62. The van der Waals surface area contributed by atoms with E-state index in [2.05, 4.69) is 11.8 Å². The number of halogens is 1. The van der Waals surface area contributed by atoms with E-state index in [0.717, 1.165) is 0 Å². The van der Waals surface area contributed by atoms with Crippen molar-refractivity contribution in [1.29, 1.82) is 0 Å². The van der Waals surface area contributed by atoms with Gasteiger partial charge in [0.25, 0.3) is 0 Å². The number of sulfone groups is 1. The smallest absolute Gasteiger partial charge is 0.175 e. The van der Waals surface area contributed by atoms with Crippen LogP contribution >= 0.6 is 11.6 Å². The van der Waals surface area contributed by atoms with E-state index in [1.807, 2.05) is 0 Å². The van der Waals surface area contributed by atoms with Crippen LogP contribution < -0.4 is 0 Å². The molecule has 1 aromatic carbocycles. The molecule has 0 unspecified atom stereocenters. The molecule has 2 nitrogen and oxygen atoms in total. The Labute approximate surface area is 88.8 Å². The number of hydrogen-bond acceptors (Lipinski definition) is 2. The SMILES string of the molecule is CS(=O)(=O)c1cccc(C#CCCl)c1. The third-order valence-corrected chi connectivity index (χ3v) is 2.81. The van der Waals surface area contributed by atoms with Crippen molar-refractivity contribution in [2.75, 3.05) is 12.1 Å². The Bertz CT molecular complexity index is 480. The Balaban J connectivity index is 3.14. The summed E-state index contributed by atoms with van der Waals surface area (Å²) < 4.78 is 22.4. The van der Waals surface area contributed by atoms with Gasteiger partial charge in [0.15, 0.2) is 9.84 Å². The van der Waals surface area contributed by atoms with E-state index < -0.39 is 9.84 Å². The van der Waals surface area contributed by atoms with Crippen LogP contribution in [0.25, 0.3) is 0 Å². The first-order valence-corrected chi connectivity index (χ1v) is 6.31. The second kappa shape index (κ2) is 4.50. The Morgan fingerprint density at radius 3 is 2.71 bits per heavy atom. The lowest BCUT2D eigenvalue weighted by molar-refractivity contribution is 0.602. The molecule has 0 aliphatic heterocycles. The van der Waals surface area contributed by atoms with E-state index in [1.165, 1.54) is 12.3 Å². The Morgan fingerprint density at radius 1 is 1.43 bits per heavy atom. The maximum atomic E-state index is 11.2. The van der Waals surface area contributed by atoms with Gasteiger partial charge in [-0.05, 0) is 18.2 Å². The fourth-order valence-electron chi connectivity index (χ4n) is 0.940. The molecule has 0 bridgehead atoms. The van der Waals surface area contributed by atoms with Crippen molar-refractivity contribution < 1.29 is 8.42 Å². The molecular weight excluding hydrogens is 220 g/mol. The van der Waals surface area contributed by atoms with Crippen LogP contribution in [-0.4, -0.2) is 20.6 Å². The summed E-state index contributed by atoms with van der Waals surface area (Å²) in [4.78, 5) is 0.277. The van der Waals surface area contributed by atoms with E-state index >= 15 is 0 Å². The van der Waals surface area contributed by atoms with Crippen molar-refractivity contribution in [3.05, 3.63) is 29.8 Å². The molecule has 0 fully saturated rings. The van der Waals surface area contributed by atoms with Crippen molar-refractivity contribution in [2.24, 2.45) is 0 Å². The number of rotatable bonds is 1. The van der Waals surface area contributed by atoms with Gasteiger partial charge in [-0.15, -0.1) is 11.6 Å². The average molecular weight is 229 g/mol. The van der Waals surface area contributed by atoms with Crippen LogP contribution in [0.4, 0.5) is 0 Å². The summed E-state index contributed by atoms with van der Waals surface area (Å²) in [6.07, 6.45) is 1.17. The first kappa shape index (κ1) is 11.1. The average Bonchev–Trinajstić information content (AvgIpc) is 2.14. The van der Waals surface area contributed by atoms with Crippen molar-refractivity contribution in [3.8, 4) is 11.8 Å². The summed E-state index contributed by atoms with van der Waals surface area (Å²) in [5.41, 5.74) is 0.661. The normalized spacial score (nSPS) is 10.4. The minimum atomic E-state index is -3.15. The second-order valence-electron chi connectivity index (χ2n) is 2.74. The molecule has 74 valence electrons. The molecule has 0 radical (unpaired) electrons. The summed E-state index contributed by atoms with van der Waals surface area (Å²) in [7, 11) is -3.15. The van der Waals surface area contributed by atoms with Gasteiger partial charge >= 0.3 is 0 Å². The number of benzene rings is 1. The predicted molar refractivity (Wildman–Crippen MR) is 57.1 cm³/mol. The van der Waals surface area contributed by atoms with Crippen molar-refractivity contribution in [2.45, 2.75) is 4.90 Å². The molecule has 0 aliphatic rings. The molecule has 14 heavy (non-hydrogen) atoms. The minimum Gasteiger partial charge on any atom is -0.224 e. The molecule has 0 saturated heterocycles. The van der Waals surface area contributed by atoms with E-state index in [-0.39, 0.29) is 10.8 Å².